The first-order chi connectivity index (χ1) is 11.8. The van der Waals surface area contributed by atoms with E-state index in [1.165, 1.54) is 0 Å². The topological polar surface area (TPSA) is 132 Å². The molecule has 0 amide bonds. The van der Waals surface area contributed by atoms with Crippen LogP contribution in [0, 0.1) is 20.2 Å². The summed E-state index contributed by atoms with van der Waals surface area (Å²) in [5, 5.41) is 21.9. The van der Waals surface area contributed by atoms with Gasteiger partial charge in [0.05, 0.1) is 15.9 Å². The van der Waals surface area contributed by atoms with Gasteiger partial charge in [-0.05, 0) is 48.6 Å². The van der Waals surface area contributed by atoms with Crippen molar-refractivity contribution in [3.8, 4) is 0 Å². The van der Waals surface area contributed by atoms with Gasteiger partial charge < -0.3 is 0 Å². The van der Waals surface area contributed by atoms with Crippen LogP contribution < -0.4 is 4.72 Å². The fourth-order valence-corrected chi connectivity index (χ4v) is 4.04. The standard InChI is InChI=1S/C15H13N3O6S/c19-17(20)13-6-7-15(14(9-13)18(21)22)25(23,24)16-12-5-4-10-2-1-3-11(10)8-12/h4-9,16H,1-3H2. The Morgan fingerprint density at radius 2 is 1.64 bits per heavy atom. The van der Waals surface area contributed by atoms with Crippen molar-refractivity contribution in [1.82, 2.24) is 0 Å². The zero-order valence-electron chi connectivity index (χ0n) is 12.8. The summed E-state index contributed by atoms with van der Waals surface area (Å²) in [7, 11) is -4.26. The van der Waals surface area contributed by atoms with Gasteiger partial charge in [0, 0.05) is 11.8 Å². The molecule has 0 radical (unpaired) electrons. The predicted octanol–water partition coefficient (Wildman–Crippen LogP) is 2.79. The number of hydrogen-bond donors (Lipinski definition) is 1. The Bertz CT molecular complexity index is 987. The number of nitro benzene ring substituents is 2. The van der Waals surface area contributed by atoms with E-state index < -0.39 is 36.1 Å². The Balaban J connectivity index is 1.99. The minimum Gasteiger partial charge on any atom is -0.279 e. The van der Waals surface area contributed by atoms with Crippen molar-refractivity contribution in [3.05, 3.63) is 67.8 Å². The maximum Gasteiger partial charge on any atom is 0.296 e. The average molecular weight is 363 g/mol. The molecule has 0 saturated carbocycles. The summed E-state index contributed by atoms with van der Waals surface area (Å²) in [6.07, 6.45) is 2.79. The largest absolute Gasteiger partial charge is 0.296 e. The van der Waals surface area contributed by atoms with E-state index in [0.29, 0.717) is 11.8 Å². The molecule has 0 fully saturated rings. The van der Waals surface area contributed by atoms with Gasteiger partial charge >= 0.3 is 0 Å². The van der Waals surface area contributed by atoms with Gasteiger partial charge in [-0.2, -0.15) is 0 Å². The van der Waals surface area contributed by atoms with E-state index in [0.717, 1.165) is 42.5 Å². The molecule has 0 saturated heterocycles. The summed E-state index contributed by atoms with van der Waals surface area (Å²) in [5.41, 5.74) is 1.10. The monoisotopic (exact) mass is 363 g/mol. The molecule has 2 aromatic carbocycles. The predicted molar refractivity (Wildman–Crippen MR) is 89.0 cm³/mol. The van der Waals surface area contributed by atoms with E-state index >= 15 is 0 Å². The van der Waals surface area contributed by atoms with Crippen molar-refractivity contribution in [2.24, 2.45) is 0 Å². The van der Waals surface area contributed by atoms with Gasteiger partial charge in [-0.15, -0.1) is 0 Å². The first-order valence-electron chi connectivity index (χ1n) is 7.35. The van der Waals surface area contributed by atoms with E-state index in [-0.39, 0.29) is 0 Å². The third-order valence-corrected chi connectivity index (χ3v) is 5.42. The van der Waals surface area contributed by atoms with Crippen molar-refractivity contribution in [3.63, 3.8) is 0 Å². The number of hydrogen-bond acceptors (Lipinski definition) is 6. The van der Waals surface area contributed by atoms with Crippen LogP contribution in [0.1, 0.15) is 17.5 Å². The molecule has 0 spiro atoms. The van der Waals surface area contributed by atoms with Gasteiger partial charge in [-0.25, -0.2) is 8.42 Å². The number of anilines is 1. The summed E-state index contributed by atoms with van der Waals surface area (Å²) >= 11 is 0. The minimum atomic E-state index is -4.26. The lowest BCUT2D eigenvalue weighted by Gasteiger charge is -2.10. The second-order valence-corrected chi connectivity index (χ2v) is 7.26. The zero-order valence-corrected chi connectivity index (χ0v) is 13.7. The van der Waals surface area contributed by atoms with Gasteiger partial charge in [0.2, 0.25) is 0 Å². The fourth-order valence-electron chi connectivity index (χ4n) is 2.83. The molecule has 0 aromatic heterocycles. The van der Waals surface area contributed by atoms with Gasteiger partial charge in [-0.3, -0.25) is 25.0 Å². The van der Waals surface area contributed by atoms with Gasteiger partial charge in [0.1, 0.15) is 0 Å². The van der Waals surface area contributed by atoms with Gasteiger partial charge in [-0.1, -0.05) is 6.07 Å². The second-order valence-electron chi connectivity index (χ2n) is 5.61. The molecular weight excluding hydrogens is 350 g/mol. The Morgan fingerprint density at radius 3 is 2.32 bits per heavy atom. The Hall–Kier alpha value is -3.01. The van der Waals surface area contributed by atoms with Crippen molar-refractivity contribution in [1.29, 1.82) is 0 Å². The summed E-state index contributed by atoms with van der Waals surface area (Å²) in [5.74, 6) is 0. The maximum absolute atomic E-state index is 12.5. The quantitative estimate of drug-likeness (QED) is 0.641. The van der Waals surface area contributed by atoms with Crippen molar-refractivity contribution in [2.45, 2.75) is 24.2 Å². The molecule has 0 bridgehead atoms. The number of fused-ring (bicyclic) bond motifs is 1. The number of rotatable bonds is 5. The summed E-state index contributed by atoms with van der Waals surface area (Å²) in [4.78, 5) is 19.5. The number of nitrogens with zero attached hydrogens (tertiary/aromatic N) is 2. The van der Waals surface area contributed by atoms with E-state index in [4.69, 9.17) is 0 Å². The highest BCUT2D eigenvalue weighted by atomic mass is 32.2. The van der Waals surface area contributed by atoms with E-state index in [1.54, 1.807) is 12.1 Å². The molecule has 1 aliphatic rings. The second kappa shape index (κ2) is 6.13. The average Bonchev–Trinajstić information content (AvgIpc) is 3.01. The molecule has 1 aliphatic carbocycles. The number of nitrogens with one attached hydrogen (secondary N) is 1. The smallest absolute Gasteiger partial charge is 0.279 e. The Morgan fingerprint density at radius 1 is 0.920 bits per heavy atom. The number of nitro groups is 2. The SMILES string of the molecule is O=[N+]([O-])c1ccc(S(=O)(=O)Nc2ccc3c(c2)CCC3)c([N+](=O)[O-])c1. The van der Waals surface area contributed by atoms with Crippen LogP contribution in [0.25, 0.3) is 0 Å². The lowest BCUT2D eigenvalue weighted by Crippen LogP contribution is -2.15. The summed E-state index contributed by atoms with van der Waals surface area (Å²) in [6.45, 7) is 0. The first-order valence-corrected chi connectivity index (χ1v) is 8.84. The molecule has 0 heterocycles. The van der Waals surface area contributed by atoms with Crippen LogP contribution in [0.15, 0.2) is 41.3 Å². The van der Waals surface area contributed by atoms with E-state index in [2.05, 4.69) is 4.72 Å². The molecular formula is C15H13N3O6S. The van der Waals surface area contributed by atoms with Crippen molar-refractivity contribution in [2.75, 3.05) is 4.72 Å². The van der Waals surface area contributed by atoms with E-state index in [9.17, 15) is 28.6 Å². The van der Waals surface area contributed by atoms with E-state index in [1.807, 2.05) is 6.07 Å². The number of aryl methyl sites for hydroxylation is 2. The molecule has 130 valence electrons. The molecule has 1 N–H and O–H groups in total. The third-order valence-electron chi connectivity index (χ3n) is 3.99. The van der Waals surface area contributed by atoms with Crippen LogP contribution in [0.4, 0.5) is 17.1 Å². The molecule has 25 heavy (non-hydrogen) atoms. The molecule has 2 aromatic rings. The maximum atomic E-state index is 12.5. The fraction of sp³-hybridized carbons (Fsp3) is 0.200. The van der Waals surface area contributed by atoms with Gasteiger partial charge in [0.25, 0.3) is 21.4 Å². The normalized spacial score (nSPS) is 13.3. The van der Waals surface area contributed by atoms with Crippen molar-refractivity contribution < 1.29 is 18.3 Å². The van der Waals surface area contributed by atoms with Crippen LogP contribution in [0.3, 0.4) is 0 Å². The number of non-ortho nitro benzene ring substituents is 1. The minimum absolute atomic E-state index is 0.299. The Kier molecular flexibility index (Phi) is 4.13. The van der Waals surface area contributed by atoms with Crippen LogP contribution in [0.2, 0.25) is 0 Å². The molecule has 3 rings (SSSR count). The summed E-state index contributed by atoms with van der Waals surface area (Å²) < 4.78 is 27.4. The molecule has 0 unspecified atom stereocenters. The zero-order chi connectivity index (χ0) is 18.2. The molecule has 10 heteroatoms. The molecule has 0 atom stereocenters. The number of benzene rings is 2. The summed E-state index contributed by atoms with van der Waals surface area (Å²) in [6, 6.07) is 7.55. The molecule has 0 aliphatic heterocycles. The highest BCUT2D eigenvalue weighted by molar-refractivity contribution is 7.92. The first kappa shape index (κ1) is 16.8. The Labute approximate surface area is 142 Å². The lowest BCUT2D eigenvalue weighted by molar-refractivity contribution is -0.396. The lowest BCUT2D eigenvalue weighted by atomic mass is 10.1. The third kappa shape index (κ3) is 3.29. The van der Waals surface area contributed by atoms with Crippen LogP contribution in [0.5, 0.6) is 0 Å². The van der Waals surface area contributed by atoms with Crippen LogP contribution in [-0.4, -0.2) is 18.3 Å². The highest BCUT2D eigenvalue weighted by Gasteiger charge is 2.29. The van der Waals surface area contributed by atoms with Crippen molar-refractivity contribution >= 4 is 27.1 Å². The van der Waals surface area contributed by atoms with Crippen LogP contribution in [-0.2, 0) is 22.9 Å². The highest BCUT2D eigenvalue weighted by Crippen LogP contribution is 2.31. The molecule has 9 nitrogen and oxygen atoms in total. The van der Waals surface area contributed by atoms with Crippen LogP contribution >= 0.6 is 0 Å². The number of sulfonamides is 1. The van der Waals surface area contributed by atoms with Gasteiger partial charge in [0.15, 0.2) is 4.90 Å².